The Kier molecular flexibility index (Phi) is 3.64. The fraction of sp³-hybridized carbons (Fsp3) is 0.667. The topological polar surface area (TPSA) is 37.9 Å². The second-order valence-corrected chi connectivity index (χ2v) is 2.86. The first-order valence-electron chi connectivity index (χ1n) is 4.45. The summed E-state index contributed by atoms with van der Waals surface area (Å²) in [6.07, 6.45) is 6.70. The lowest BCUT2D eigenvalue weighted by atomic mass is 10.2. The van der Waals surface area contributed by atoms with Crippen molar-refractivity contribution in [2.45, 2.75) is 32.6 Å². The summed E-state index contributed by atoms with van der Waals surface area (Å²) in [5.74, 6) is 0. The molecule has 0 aromatic carbocycles. The third-order valence-electron chi connectivity index (χ3n) is 1.84. The lowest BCUT2D eigenvalue weighted by Crippen LogP contribution is -1.87. The predicted molar refractivity (Wildman–Crippen MR) is 48.4 cm³/mol. The van der Waals surface area contributed by atoms with Gasteiger partial charge >= 0.3 is 0 Å². The van der Waals surface area contributed by atoms with Crippen molar-refractivity contribution in [1.29, 1.82) is 0 Å². The number of methoxy groups -OCH3 is 1. The smallest absolute Gasteiger partial charge is 0.293 e. The van der Waals surface area contributed by atoms with Gasteiger partial charge in [-0.05, 0) is 12.8 Å². The quantitative estimate of drug-likeness (QED) is 0.684. The molecule has 0 saturated heterocycles. The Labute approximate surface area is 73.2 Å². The number of aryl methyl sites for hydroxylation is 1. The van der Waals surface area contributed by atoms with E-state index in [1.54, 1.807) is 7.11 Å². The highest BCUT2D eigenvalue weighted by Gasteiger charge is 1.99. The third kappa shape index (κ3) is 2.57. The van der Waals surface area contributed by atoms with Crippen LogP contribution in [0.4, 0.5) is 0 Å². The molecule has 0 aliphatic rings. The molecule has 0 unspecified atom stereocenters. The average molecular weight is 168 g/mol. The van der Waals surface area contributed by atoms with E-state index in [1.807, 2.05) is 6.20 Å². The van der Waals surface area contributed by atoms with Crippen LogP contribution in [0.25, 0.3) is 0 Å². The Morgan fingerprint density at radius 3 is 2.92 bits per heavy atom. The van der Waals surface area contributed by atoms with Crippen LogP contribution in [0.3, 0.4) is 0 Å². The van der Waals surface area contributed by atoms with Gasteiger partial charge in [0.05, 0.1) is 12.8 Å². The summed E-state index contributed by atoms with van der Waals surface area (Å²) < 4.78 is 4.93. The number of nitrogens with one attached hydrogen (secondary N) is 1. The minimum absolute atomic E-state index is 0.612. The molecule has 1 rings (SSSR count). The molecule has 0 aliphatic heterocycles. The number of ether oxygens (including phenoxy) is 1. The number of hydrogen-bond donors (Lipinski definition) is 1. The lowest BCUT2D eigenvalue weighted by Gasteiger charge is -1.93. The molecular formula is C9H16N2O. The van der Waals surface area contributed by atoms with E-state index in [9.17, 15) is 0 Å². The maximum absolute atomic E-state index is 4.93. The largest absolute Gasteiger partial charge is 0.468 e. The SMILES string of the molecule is CCCCCc1c[nH]c(OC)n1. The molecule has 0 radical (unpaired) electrons. The van der Waals surface area contributed by atoms with E-state index >= 15 is 0 Å². The van der Waals surface area contributed by atoms with Gasteiger partial charge in [0.1, 0.15) is 0 Å². The van der Waals surface area contributed by atoms with Crippen molar-refractivity contribution in [3.05, 3.63) is 11.9 Å². The zero-order valence-corrected chi connectivity index (χ0v) is 7.76. The van der Waals surface area contributed by atoms with Crippen LogP contribution < -0.4 is 4.74 Å². The number of aromatic nitrogens is 2. The highest BCUT2D eigenvalue weighted by molar-refractivity contribution is 5.04. The van der Waals surface area contributed by atoms with Crippen LogP contribution in [0.2, 0.25) is 0 Å². The van der Waals surface area contributed by atoms with E-state index in [1.165, 1.54) is 19.3 Å². The van der Waals surface area contributed by atoms with E-state index in [4.69, 9.17) is 4.74 Å². The molecule has 0 aliphatic carbocycles. The third-order valence-corrected chi connectivity index (χ3v) is 1.84. The molecule has 0 saturated carbocycles. The molecule has 0 amide bonds. The Morgan fingerprint density at radius 1 is 1.50 bits per heavy atom. The zero-order chi connectivity index (χ0) is 8.81. The highest BCUT2D eigenvalue weighted by atomic mass is 16.5. The highest BCUT2D eigenvalue weighted by Crippen LogP contribution is 2.07. The summed E-state index contributed by atoms with van der Waals surface area (Å²) in [7, 11) is 1.62. The number of unbranched alkanes of at least 4 members (excludes halogenated alkanes) is 2. The van der Waals surface area contributed by atoms with Crippen LogP contribution in [-0.4, -0.2) is 17.1 Å². The van der Waals surface area contributed by atoms with Gasteiger partial charge in [-0.1, -0.05) is 19.8 Å². The van der Waals surface area contributed by atoms with E-state index in [-0.39, 0.29) is 0 Å². The standard InChI is InChI=1S/C9H16N2O/c1-3-4-5-6-8-7-10-9(11-8)12-2/h7H,3-6H2,1-2H3,(H,10,11). The first kappa shape index (κ1) is 9.10. The van der Waals surface area contributed by atoms with Crippen molar-refractivity contribution in [2.75, 3.05) is 7.11 Å². The molecule has 1 heterocycles. The number of imidazole rings is 1. The molecule has 12 heavy (non-hydrogen) atoms. The van der Waals surface area contributed by atoms with Gasteiger partial charge in [0.15, 0.2) is 0 Å². The average Bonchev–Trinajstić information content (AvgIpc) is 2.53. The van der Waals surface area contributed by atoms with Gasteiger partial charge in [0.25, 0.3) is 6.01 Å². The second-order valence-electron chi connectivity index (χ2n) is 2.86. The molecule has 0 spiro atoms. The van der Waals surface area contributed by atoms with Gasteiger partial charge in [0, 0.05) is 6.20 Å². The number of rotatable bonds is 5. The van der Waals surface area contributed by atoms with E-state index in [0.717, 1.165) is 12.1 Å². The van der Waals surface area contributed by atoms with E-state index in [0.29, 0.717) is 6.01 Å². The Hall–Kier alpha value is -0.990. The summed E-state index contributed by atoms with van der Waals surface area (Å²) in [6, 6.07) is 0.612. The number of nitrogens with zero attached hydrogens (tertiary/aromatic N) is 1. The summed E-state index contributed by atoms with van der Waals surface area (Å²) in [4.78, 5) is 7.17. The van der Waals surface area contributed by atoms with Crippen LogP contribution in [0.1, 0.15) is 31.9 Å². The molecule has 1 aromatic heterocycles. The first-order valence-corrected chi connectivity index (χ1v) is 4.45. The van der Waals surface area contributed by atoms with Crippen molar-refractivity contribution in [1.82, 2.24) is 9.97 Å². The molecule has 0 fully saturated rings. The zero-order valence-electron chi connectivity index (χ0n) is 7.76. The second kappa shape index (κ2) is 4.80. The van der Waals surface area contributed by atoms with Crippen LogP contribution in [0.15, 0.2) is 6.20 Å². The normalized spacial score (nSPS) is 10.2. The molecule has 0 atom stereocenters. The molecular weight excluding hydrogens is 152 g/mol. The van der Waals surface area contributed by atoms with Crippen molar-refractivity contribution in [2.24, 2.45) is 0 Å². The molecule has 0 bridgehead atoms. The minimum Gasteiger partial charge on any atom is -0.468 e. The van der Waals surface area contributed by atoms with Crippen LogP contribution in [0.5, 0.6) is 6.01 Å². The van der Waals surface area contributed by atoms with Crippen molar-refractivity contribution < 1.29 is 4.74 Å². The summed E-state index contributed by atoms with van der Waals surface area (Å²) in [5.41, 5.74) is 1.10. The van der Waals surface area contributed by atoms with Gasteiger partial charge in [-0.3, -0.25) is 0 Å². The summed E-state index contributed by atoms with van der Waals surface area (Å²) in [5, 5.41) is 0. The molecule has 1 N–H and O–H groups in total. The summed E-state index contributed by atoms with van der Waals surface area (Å²) >= 11 is 0. The number of H-pyrrole nitrogens is 1. The first-order chi connectivity index (χ1) is 5.86. The van der Waals surface area contributed by atoms with E-state index < -0.39 is 0 Å². The monoisotopic (exact) mass is 168 g/mol. The Bertz CT molecular complexity index is 220. The van der Waals surface area contributed by atoms with Crippen molar-refractivity contribution in [3.63, 3.8) is 0 Å². The van der Waals surface area contributed by atoms with Gasteiger partial charge in [-0.15, -0.1) is 0 Å². The van der Waals surface area contributed by atoms with Gasteiger partial charge in [0.2, 0.25) is 0 Å². The van der Waals surface area contributed by atoms with Gasteiger partial charge in [-0.25, -0.2) is 4.98 Å². The van der Waals surface area contributed by atoms with E-state index in [2.05, 4.69) is 16.9 Å². The number of hydrogen-bond acceptors (Lipinski definition) is 2. The number of aromatic amines is 1. The fourth-order valence-electron chi connectivity index (χ4n) is 1.13. The van der Waals surface area contributed by atoms with Gasteiger partial charge in [-0.2, -0.15) is 0 Å². The Balaban J connectivity index is 2.31. The molecule has 1 aromatic rings. The molecule has 68 valence electrons. The van der Waals surface area contributed by atoms with Crippen molar-refractivity contribution >= 4 is 0 Å². The minimum atomic E-state index is 0.612. The van der Waals surface area contributed by atoms with Crippen LogP contribution in [-0.2, 0) is 6.42 Å². The lowest BCUT2D eigenvalue weighted by molar-refractivity contribution is 0.383. The molecule has 3 heteroatoms. The van der Waals surface area contributed by atoms with Crippen LogP contribution in [0, 0.1) is 0 Å². The predicted octanol–water partition coefficient (Wildman–Crippen LogP) is 2.15. The maximum Gasteiger partial charge on any atom is 0.293 e. The van der Waals surface area contributed by atoms with Crippen molar-refractivity contribution in [3.8, 4) is 6.01 Å². The fourth-order valence-corrected chi connectivity index (χ4v) is 1.13. The van der Waals surface area contributed by atoms with Crippen LogP contribution >= 0.6 is 0 Å². The van der Waals surface area contributed by atoms with Gasteiger partial charge < -0.3 is 9.72 Å². The Morgan fingerprint density at radius 2 is 2.33 bits per heavy atom. The summed E-state index contributed by atoms with van der Waals surface area (Å²) in [6.45, 7) is 2.20. The molecule has 3 nitrogen and oxygen atoms in total. The maximum atomic E-state index is 4.93.